The van der Waals surface area contributed by atoms with Crippen LogP contribution in [0.15, 0.2) is 18.2 Å². The largest absolute Gasteiger partial charge is 0.469 e. The average molecular weight is 256 g/mol. The Labute approximate surface area is 103 Å². The Bertz CT molecular complexity index is 443. The number of hydrogen-bond acceptors (Lipinski definition) is 4. The maximum atomic E-state index is 12.7. The van der Waals surface area contributed by atoms with Gasteiger partial charge in [-0.3, -0.25) is 4.79 Å². The quantitative estimate of drug-likeness (QED) is 0.837. The van der Waals surface area contributed by atoms with Crippen molar-refractivity contribution in [2.24, 2.45) is 0 Å². The molecule has 1 aromatic rings. The first-order chi connectivity index (χ1) is 8.48. The molecule has 0 aliphatic heterocycles. The SMILES string of the molecule is COC(=O)Cc1cccc(NC2CC(F)(F)C2)n1. The predicted octanol–water partition coefficient (Wildman–Crippen LogP) is 2.01. The number of esters is 1. The molecule has 1 N–H and O–H groups in total. The Morgan fingerprint density at radius 2 is 2.28 bits per heavy atom. The first-order valence-corrected chi connectivity index (χ1v) is 5.66. The van der Waals surface area contributed by atoms with Crippen LogP contribution in [0.2, 0.25) is 0 Å². The van der Waals surface area contributed by atoms with E-state index in [4.69, 9.17) is 0 Å². The van der Waals surface area contributed by atoms with Gasteiger partial charge in [-0.05, 0) is 12.1 Å². The fraction of sp³-hybridized carbons (Fsp3) is 0.500. The summed E-state index contributed by atoms with van der Waals surface area (Å²) in [6, 6.07) is 4.86. The molecule has 1 saturated carbocycles. The Balaban J connectivity index is 1.93. The monoisotopic (exact) mass is 256 g/mol. The molecule has 0 atom stereocenters. The standard InChI is InChI=1S/C12H14F2N2O2/c1-18-11(17)5-8-3-2-4-10(15-8)16-9-6-12(13,14)7-9/h2-4,9H,5-7H2,1H3,(H,15,16). The van der Waals surface area contributed by atoms with E-state index in [1.807, 2.05) is 0 Å². The number of methoxy groups -OCH3 is 1. The molecule has 18 heavy (non-hydrogen) atoms. The van der Waals surface area contributed by atoms with Gasteiger partial charge in [-0.15, -0.1) is 0 Å². The van der Waals surface area contributed by atoms with Gasteiger partial charge in [0.1, 0.15) is 5.82 Å². The Morgan fingerprint density at radius 1 is 1.56 bits per heavy atom. The summed E-state index contributed by atoms with van der Waals surface area (Å²) in [7, 11) is 1.31. The van der Waals surface area contributed by atoms with Crippen LogP contribution in [-0.4, -0.2) is 30.0 Å². The summed E-state index contributed by atoms with van der Waals surface area (Å²) < 4.78 is 29.9. The topological polar surface area (TPSA) is 51.2 Å². The Kier molecular flexibility index (Phi) is 3.45. The van der Waals surface area contributed by atoms with Crippen molar-refractivity contribution in [2.45, 2.75) is 31.2 Å². The van der Waals surface area contributed by atoms with Crippen molar-refractivity contribution in [3.8, 4) is 0 Å². The lowest BCUT2D eigenvalue weighted by Crippen LogP contribution is -2.44. The van der Waals surface area contributed by atoms with Crippen LogP contribution in [0, 0.1) is 0 Å². The molecule has 1 aliphatic rings. The minimum atomic E-state index is -2.55. The maximum absolute atomic E-state index is 12.7. The molecule has 0 aromatic carbocycles. The number of nitrogens with one attached hydrogen (secondary N) is 1. The third-order valence-corrected chi connectivity index (χ3v) is 2.80. The van der Waals surface area contributed by atoms with Crippen molar-refractivity contribution in [1.29, 1.82) is 0 Å². The van der Waals surface area contributed by atoms with E-state index < -0.39 is 5.92 Å². The van der Waals surface area contributed by atoms with Crippen LogP contribution in [0.1, 0.15) is 18.5 Å². The van der Waals surface area contributed by atoms with Crippen LogP contribution in [0.5, 0.6) is 0 Å². The van der Waals surface area contributed by atoms with E-state index in [0.717, 1.165) is 0 Å². The number of hydrogen-bond donors (Lipinski definition) is 1. The van der Waals surface area contributed by atoms with Crippen LogP contribution in [0.3, 0.4) is 0 Å². The van der Waals surface area contributed by atoms with E-state index in [2.05, 4.69) is 15.0 Å². The summed E-state index contributed by atoms with van der Waals surface area (Å²) in [6.07, 6.45) is -0.265. The number of pyridine rings is 1. The highest BCUT2D eigenvalue weighted by Gasteiger charge is 2.45. The zero-order chi connectivity index (χ0) is 13.2. The molecule has 0 bridgehead atoms. The highest BCUT2D eigenvalue weighted by atomic mass is 19.3. The van der Waals surface area contributed by atoms with Crippen molar-refractivity contribution in [1.82, 2.24) is 4.98 Å². The first-order valence-electron chi connectivity index (χ1n) is 5.66. The van der Waals surface area contributed by atoms with Crippen molar-refractivity contribution >= 4 is 11.8 Å². The minimum absolute atomic E-state index is 0.0762. The zero-order valence-corrected chi connectivity index (χ0v) is 9.95. The van der Waals surface area contributed by atoms with E-state index in [9.17, 15) is 13.6 Å². The number of ether oxygens (including phenoxy) is 1. The maximum Gasteiger partial charge on any atom is 0.311 e. The van der Waals surface area contributed by atoms with Gasteiger partial charge in [-0.2, -0.15) is 0 Å². The number of carbonyl (C=O) groups excluding carboxylic acids is 1. The van der Waals surface area contributed by atoms with E-state index >= 15 is 0 Å². The molecule has 0 amide bonds. The van der Waals surface area contributed by atoms with Gasteiger partial charge in [0.2, 0.25) is 0 Å². The van der Waals surface area contributed by atoms with Crippen molar-refractivity contribution < 1.29 is 18.3 Å². The average Bonchev–Trinajstić information content (AvgIpc) is 2.27. The zero-order valence-electron chi connectivity index (χ0n) is 9.95. The second-order valence-electron chi connectivity index (χ2n) is 4.37. The van der Waals surface area contributed by atoms with Gasteiger partial charge in [0.25, 0.3) is 5.92 Å². The lowest BCUT2D eigenvalue weighted by Gasteiger charge is -2.35. The highest BCUT2D eigenvalue weighted by molar-refractivity contribution is 5.71. The van der Waals surface area contributed by atoms with Gasteiger partial charge in [-0.25, -0.2) is 13.8 Å². The lowest BCUT2D eigenvalue weighted by atomic mass is 9.88. The molecule has 6 heteroatoms. The van der Waals surface area contributed by atoms with Crippen LogP contribution in [0.4, 0.5) is 14.6 Å². The van der Waals surface area contributed by atoms with Gasteiger partial charge >= 0.3 is 5.97 Å². The van der Waals surface area contributed by atoms with E-state index in [-0.39, 0.29) is 31.3 Å². The molecule has 1 aromatic heterocycles. The highest BCUT2D eigenvalue weighted by Crippen LogP contribution is 2.38. The first kappa shape index (κ1) is 12.7. The Hall–Kier alpha value is -1.72. The van der Waals surface area contributed by atoms with Crippen LogP contribution >= 0.6 is 0 Å². The number of carbonyl (C=O) groups is 1. The van der Waals surface area contributed by atoms with Crippen molar-refractivity contribution in [3.63, 3.8) is 0 Å². The predicted molar refractivity (Wildman–Crippen MR) is 61.5 cm³/mol. The number of alkyl halides is 2. The van der Waals surface area contributed by atoms with E-state index in [1.54, 1.807) is 18.2 Å². The molecule has 1 aliphatic carbocycles. The molecular weight excluding hydrogens is 242 g/mol. The summed E-state index contributed by atoms with van der Waals surface area (Å²) in [4.78, 5) is 15.3. The lowest BCUT2D eigenvalue weighted by molar-refractivity contribution is -0.139. The molecule has 0 spiro atoms. The Morgan fingerprint density at radius 3 is 2.89 bits per heavy atom. The second kappa shape index (κ2) is 4.88. The third-order valence-electron chi connectivity index (χ3n) is 2.80. The number of halogens is 2. The number of anilines is 1. The van der Waals surface area contributed by atoms with Crippen LogP contribution < -0.4 is 5.32 Å². The van der Waals surface area contributed by atoms with Crippen molar-refractivity contribution in [2.75, 3.05) is 12.4 Å². The van der Waals surface area contributed by atoms with Gasteiger partial charge in [0, 0.05) is 18.9 Å². The smallest absolute Gasteiger partial charge is 0.311 e. The minimum Gasteiger partial charge on any atom is -0.469 e. The number of nitrogens with zero attached hydrogens (tertiary/aromatic N) is 1. The number of rotatable bonds is 4. The van der Waals surface area contributed by atoms with E-state index in [1.165, 1.54) is 7.11 Å². The van der Waals surface area contributed by atoms with Gasteiger partial charge in [0.05, 0.1) is 19.2 Å². The van der Waals surface area contributed by atoms with Gasteiger partial charge < -0.3 is 10.1 Å². The summed E-state index contributed by atoms with van der Waals surface area (Å²) in [5.41, 5.74) is 0.554. The third kappa shape index (κ3) is 3.15. The van der Waals surface area contributed by atoms with Crippen molar-refractivity contribution in [3.05, 3.63) is 23.9 Å². The molecule has 2 rings (SSSR count). The second-order valence-corrected chi connectivity index (χ2v) is 4.37. The van der Waals surface area contributed by atoms with E-state index in [0.29, 0.717) is 11.5 Å². The summed E-state index contributed by atoms with van der Waals surface area (Å²) in [6.45, 7) is 0. The van der Waals surface area contributed by atoms with Gasteiger partial charge in [0.15, 0.2) is 0 Å². The molecule has 98 valence electrons. The van der Waals surface area contributed by atoms with Crippen LogP contribution in [-0.2, 0) is 16.0 Å². The molecular formula is C12H14F2N2O2. The fourth-order valence-corrected chi connectivity index (χ4v) is 1.85. The molecule has 1 fully saturated rings. The normalized spacial score (nSPS) is 17.9. The molecule has 0 saturated heterocycles. The van der Waals surface area contributed by atoms with Crippen LogP contribution in [0.25, 0.3) is 0 Å². The molecule has 0 unspecified atom stereocenters. The summed E-state index contributed by atoms with van der Waals surface area (Å²) >= 11 is 0. The summed E-state index contributed by atoms with van der Waals surface area (Å²) in [5, 5.41) is 2.92. The summed E-state index contributed by atoms with van der Waals surface area (Å²) in [5.74, 6) is -2.42. The molecule has 0 radical (unpaired) electrons. The molecule has 1 heterocycles. The molecule has 4 nitrogen and oxygen atoms in total. The fourth-order valence-electron chi connectivity index (χ4n) is 1.85. The van der Waals surface area contributed by atoms with Gasteiger partial charge in [-0.1, -0.05) is 6.07 Å². The number of aromatic nitrogens is 1.